The average Bonchev–Trinajstić information content (AvgIpc) is 2.40. The van der Waals surface area contributed by atoms with E-state index in [9.17, 15) is 14.0 Å². The van der Waals surface area contributed by atoms with E-state index in [1.165, 1.54) is 23.9 Å². The van der Waals surface area contributed by atoms with Gasteiger partial charge in [-0.3, -0.25) is 4.79 Å². The Kier molecular flexibility index (Phi) is 7.03. The molecule has 7 heteroatoms. The van der Waals surface area contributed by atoms with E-state index in [-0.39, 0.29) is 31.2 Å². The lowest BCUT2D eigenvalue weighted by Gasteiger charge is -2.12. The summed E-state index contributed by atoms with van der Waals surface area (Å²) in [5.74, 6) is -1.41. The number of halogens is 1. The average molecular weight is 301 g/mol. The molecule has 0 heterocycles. The van der Waals surface area contributed by atoms with E-state index in [0.717, 1.165) is 4.90 Å². The second-order valence-electron chi connectivity index (χ2n) is 4.02. The first-order valence-electron chi connectivity index (χ1n) is 6.04. The summed E-state index contributed by atoms with van der Waals surface area (Å²) in [5, 5.41) is 19.9. The van der Waals surface area contributed by atoms with Crippen molar-refractivity contribution in [3.63, 3.8) is 0 Å². The van der Waals surface area contributed by atoms with Crippen LogP contribution in [0.15, 0.2) is 29.2 Å². The highest BCUT2D eigenvalue weighted by atomic mass is 32.2. The van der Waals surface area contributed by atoms with E-state index in [2.05, 4.69) is 5.32 Å². The molecule has 1 rings (SSSR count). The SMILES string of the molecule is O=C(CCSc1ccc(F)cc1)N[C@H](CCO)C(=O)O. The lowest BCUT2D eigenvalue weighted by atomic mass is 10.2. The summed E-state index contributed by atoms with van der Waals surface area (Å²) < 4.78 is 12.7. The van der Waals surface area contributed by atoms with Gasteiger partial charge in [-0.2, -0.15) is 0 Å². The van der Waals surface area contributed by atoms with E-state index in [0.29, 0.717) is 5.75 Å². The van der Waals surface area contributed by atoms with Crippen molar-refractivity contribution < 1.29 is 24.2 Å². The zero-order valence-electron chi connectivity index (χ0n) is 10.7. The molecule has 0 saturated heterocycles. The summed E-state index contributed by atoms with van der Waals surface area (Å²) in [7, 11) is 0. The number of carboxylic acids is 1. The van der Waals surface area contributed by atoms with Crippen LogP contribution in [0.4, 0.5) is 4.39 Å². The number of carboxylic acid groups (broad SMARTS) is 1. The smallest absolute Gasteiger partial charge is 0.326 e. The highest BCUT2D eigenvalue weighted by Crippen LogP contribution is 2.18. The monoisotopic (exact) mass is 301 g/mol. The van der Waals surface area contributed by atoms with Crippen LogP contribution in [0.1, 0.15) is 12.8 Å². The molecular weight excluding hydrogens is 285 g/mol. The molecule has 1 aromatic carbocycles. The van der Waals surface area contributed by atoms with Crippen LogP contribution in [-0.4, -0.2) is 40.5 Å². The number of hydrogen-bond acceptors (Lipinski definition) is 4. The number of thioether (sulfide) groups is 1. The Bertz CT molecular complexity index is 452. The maximum absolute atomic E-state index is 12.7. The molecule has 0 aliphatic rings. The fourth-order valence-electron chi connectivity index (χ4n) is 1.45. The van der Waals surface area contributed by atoms with Crippen LogP contribution < -0.4 is 5.32 Å². The molecule has 110 valence electrons. The Morgan fingerprint density at radius 3 is 2.50 bits per heavy atom. The fraction of sp³-hybridized carbons (Fsp3) is 0.385. The highest BCUT2D eigenvalue weighted by Gasteiger charge is 2.18. The van der Waals surface area contributed by atoms with Crippen LogP contribution in [0, 0.1) is 5.82 Å². The topological polar surface area (TPSA) is 86.6 Å². The molecule has 1 amide bonds. The predicted molar refractivity (Wildman–Crippen MR) is 73.0 cm³/mol. The largest absolute Gasteiger partial charge is 0.480 e. The van der Waals surface area contributed by atoms with Gasteiger partial charge in [0.1, 0.15) is 11.9 Å². The maximum Gasteiger partial charge on any atom is 0.326 e. The molecule has 0 fully saturated rings. The molecule has 0 spiro atoms. The number of nitrogens with one attached hydrogen (secondary N) is 1. The first-order valence-corrected chi connectivity index (χ1v) is 7.03. The van der Waals surface area contributed by atoms with Gasteiger partial charge in [-0.05, 0) is 24.3 Å². The Balaban J connectivity index is 2.32. The van der Waals surface area contributed by atoms with Crippen molar-refractivity contribution in [2.45, 2.75) is 23.8 Å². The zero-order valence-corrected chi connectivity index (χ0v) is 11.5. The number of carbonyl (C=O) groups excluding carboxylic acids is 1. The van der Waals surface area contributed by atoms with Crippen molar-refractivity contribution in [1.29, 1.82) is 0 Å². The fourth-order valence-corrected chi connectivity index (χ4v) is 2.30. The van der Waals surface area contributed by atoms with Crippen molar-refractivity contribution in [2.24, 2.45) is 0 Å². The first kappa shape index (κ1) is 16.5. The maximum atomic E-state index is 12.7. The lowest BCUT2D eigenvalue weighted by molar-refractivity contribution is -0.142. The van der Waals surface area contributed by atoms with Gasteiger partial charge in [0.25, 0.3) is 0 Å². The van der Waals surface area contributed by atoms with E-state index in [1.807, 2.05) is 0 Å². The number of carbonyl (C=O) groups is 2. The summed E-state index contributed by atoms with van der Waals surface area (Å²) >= 11 is 1.38. The van der Waals surface area contributed by atoms with Gasteiger partial charge >= 0.3 is 5.97 Å². The first-order chi connectivity index (χ1) is 9.52. The second-order valence-corrected chi connectivity index (χ2v) is 5.19. The molecule has 0 aliphatic heterocycles. The van der Waals surface area contributed by atoms with Crippen LogP contribution in [0.3, 0.4) is 0 Å². The standard InChI is InChI=1S/C13H16FNO4S/c14-9-1-3-10(4-2-9)20-8-6-12(17)15-11(5-7-16)13(18)19/h1-4,11,16H,5-8H2,(H,15,17)(H,18,19)/t11-/m1/s1. The van der Waals surface area contributed by atoms with Crippen LogP contribution in [0.25, 0.3) is 0 Å². The van der Waals surface area contributed by atoms with E-state index >= 15 is 0 Å². The lowest BCUT2D eigenvalue weighted by Crippen LogP contribution is -2.41. The van der Waals surface area contributed by atoms with E-state index in [1.54, 1.807) is 12.1 Å². The minimum absolute atomic E-state index is 0.0216. The van der Waals surface area contributed by atoms with Crippen LogP contribution in [-0.2, 0) is 9.59 Å². The Labute approximate surface area is 120 Å². The molecule has 20 heavy (non-hydrogen) atoms. The van der Waals surface area contributed by atoms with Gasteiger partial charge in [-0.25, -0.2) is 9.18 Å². The summed E-state index contributed by atoms with van der Waals surface area (Å²) in [6.45, 7) is -0.304. The van der Waals surface area contributed by atoms with Crippen molar-refractivity contribution in [2.75, 3.05) is 12.4 Å². The van der Waals surface area contributed by atoms with Crippen LogP contribution >= 0.6 is 11.8 Å². The molecule has 5 nitrogen and oxygen atoms in total. The van der Waals surface area contributed by atoms with Crippen molar-refractivity contribution in [3.05, 3.63) is 30.1 Å². The summed E-state index contributed by atoms with van der Waals surface area (Å²) in [6, 6.07) is 4.84. The molecule has 1 aromatic rings. The third-order valence-electron chi connectivity index (χ3n) is 2.46. The van der Waals surface area contributed by atoms with Gasteiger partial charge in [-0.1, -0.05) is 0 Å². The van der Waals surface area contributed by atoms with Crippen molar-refractivity contribution >= 4 is 23.6 Å². The van der Waals surface area contributed by atoms with Crippen LogP contribution in [0.2, 0.25) is 0 Å². The summed E-state index contributed by atoms with van der Waals surface area (Å²) in [4.78, 5) is 23.2. The molecule has 0 saturated carbocycles. The molecule has 0 aliphatic carbocycles. The van der Waals surface area contributed by atoms with Gasteiger partial charge in [-0.15, -0.1) is 11.8 Å². The Morgan fingerprint density at radius 1 is 1.30 bits per heavy atom. The third-order valence-corrected chi connectivity index (χ3v) is 3.48. The molecule has 0 aromatic heterocycles. The predicted octanol–water partition coefficient (Wildman–Crippen LogP) is 1.26. The van der Waals surface area contributed by atoms with Gasteiger partial charge in [0.15, 0.2) is 0 Å². The van der Waals surface area contributed by atoms with Crippen LogP contribution in [0.5, 0.6) is 0 Å². The molecule has 0 radical (unpaired) electrons. The number of benzene rings is 1. The minimum Gasteiger partial charge on any atom is -0.480 e. The number of rotatable bonds is 8. The van der Waals surface area contributed by atoms with Gasteiger partial charge in [0, 0.05) is 30.1 Å². The summed E-state index contributed by atoms with van der Waals surface area (Å²) in [6.07, 6.45) is 0.128. The van der Waals surface area contributed by atoms with Gasteiger partial charge in [0.05, 0.1) is 0 Å². The molecule has 1 atom stereocenters. The van der Waals surface area contributed by atoms with E-state index < -0.39 is 12.0 Å². The Hall–Kier alpha value is -1.60. The van der Waals surface area contributed by atoms with Gasteiger partial charge in [0.2, 0.25) is 5.91 Å². The third kappa shape index (κ3) is 6.03. The molecule has 3 N–H and O–H groups in total. The number of hydrogen-bond donors (Lipinski definition) is 3. The molecular formula is C13H16FNO4S. The normalized spacial score (nSPS) is 11.9. The van der Waals surface area contributed by atoms with Crippen molar-refractivity contribution in [1.82, 2.24) is 5.32 Å². The molecule has 0 unspecified atom stereocenters. The second kappa shape index (κ2) is 8.55. The number of amides is 1. The Morgan fingerprint density at radius 2 is 1.95 bits per heavy atom. The minimum atomic E-state index is -1.17. The zero-order chi connectivity index (χ0) is 15.0. The molecule has 0 bridgehead atoms. The quantitative estimate of drug-likeness (QED) is 0.629. The number of aliphatic carboxylic acids is 1. The highest BCUT2D eigenvalue weighted by molar-refractivity contribution is 7.99. The van der Waals surface area contributed by atoms with Crippen molar-refractivity contribution in [3.8, 4) is 0 Å². The number of aliphatic hydroxyl groups is 1. The number of aliphatic hydroxyl groups excluding tert-OH is 1. The van der Waals surface area contributed by atoms with Gasteiger partial charge < -0.3 is 15.5 Å². The summed E-state index contributed by atoms with van der Waals surface area (Å²) in [5.41, 5.74) is 0. The van der Waals surface area contributed by atoms with E-state index in [4.69, 9.17) is 10.2 Å².